The van der Waals surface area contributed by atoms with Gasteiger partial charge in [0.05, 0.1) is 12.5 Å². The van der Waals surface area contributed by atoms with E-state index in [-0.39, 0.29) is 12.3 Å². The van der Waals surface area contributed by atoms with Gasteiger partial charge in [-0.3, -0.25) is 4.79 Å². The molecule has 1 atom stereocenters. The highest BCUT2D eigenvalue weighted by atomic mass is 32.1. The molecule has 4 nitrogen and oxygen atoms in total. The van der Waals surface area contributed by atoms with Crippen LogP contribution in [0.2, 0.25) is 0 Å². The summed E-state index contributed by atoms with van der Waals surface area (Å²) in [5, 5.41) is 13.1. The van der Waals surface area contributed by atoms with E-state index in [2.05, 4.69) is 10.3 Å². The summed E-state index contributed by atoms with van der Waals surface area (Å²) >= 11 is 1.41. The molecule has 0 saturated carbocycles. The Morgan fingerprint density at radius 3 is 2.78 bits per heavy atom. The number of anilines is 1. The van der Waals surface area contributed by atoms with Crippen LogP contribution in [-0.2, 0) is 4.79 Å². The summed E-state index contributed by atoms with van der Waals surface area (Å²) in [5.74, 6) is -0.235. The van der Waals surface area contributed by atoms with Crippen LogP contribution < -0.4 is 5.32 Å². The van der Waals surface area contributed by atoms with Gasteiger partial charge in [0.2, 0.25) is 5.91 Å². The lowest BCUT2D eigenvalue weighted by atomic mass is 10.1. The summed E-state index contributed by atoms with van der Waals surface area (Å²) in [5.41, 5.74) is 0.739. The van der Waals surface area contributed by atoms with Crippen molar-refractivity contribution in [3.05, 3.63) is 47.0 Å². The van der Waals surface area contributed by atoms with Crippen LogP contribution in [0.3, 0.4) is 0 Å². The van der Waals surface area contributed by atoms with Gasteiger partial charge in [-0.2, -0.15) is 0 Å². The van der Waals surface area contributed by atoms with Gasteiger partial charge in [0.15, 0.2) is 5.13 Å². The van der Waals surface area contributed by atoms with E-state index in [0.717, 1.165) is 10.4 Å². The molecule has 18 heavy (non-hydrogen) atoms. The van der Waals surface area contributed by atoms with Crippen LogP contribution >= 0.6 is 11.3 Å². The molecule has 0 radical (unpaired) electrons. The van der Waals surface area contributed by atoms with Crippen molar-refractivity contribution in [1.29, 1.82) is 0 Å². The zero-order chi connectivity index (χ0) is 13.0. The van der Waals surface area contributed by atoms with Crippen molar-refractivity contribution in [3.8, 4) is 0 Å². The predicted molar refractivity (Wildman–Crippen MR) is 71.5 cm³/mol. The molecular formula is C13H14N2O2S. The molecule has 2 rings (SSSR count). The number of aliphatic hydroxyl groups excluding tert-OH is 1. The van der Waals surface area contributed by atoms with Crippen LogP contribution in [0.5, 0.6) is 0 Å². The van der Waals surface area contributed by atoms with E-state index >= 15 is 0 Å². The maximum absolute atomic E-state index is 11.7. The topological polar surface area (TPSA) is 62.2 Å². The van der Waals surface area contributed by atoms with Gasteiger partial charge in [0.25, 0.3) is 0 Å². The van der Waals surface area contributed by atoms with Gasteiger partial charge < -0.3 is 10.4 Å². The average Bonchev–Trinajstić information content (AvgIpc) is 2.75. The predicted octanol–water partition coefficient (Wildman–Crippen LogP) is 2.51. The quantitative estimate of drug-likeness (QED) is 0.890. The summed E-state index contributed by atoms with van der Waals surface area (Å²) in [4.78, 5) is 16.8. The standard InChI is InChI=1S/C13H14N2O2S/c1-9-8-14-13(18-9)15-12(17)7-11(16)10-5-3-2-4-6-10/h2-6,8,11,16H,7H2,1H3,(H,14,15,17). The highest BCUT2D eigenvalue weighted by Crippen LogP contribution is 2.19. The number of hydrogen-bond acceptors (Lipinski definition) is 4. The first-order valence-electron chi connectivity index (χ1n) is 5.60. The highest BCUT2D eigenvalue weighted by Gasteiger charge is 2.13. The minimum Gasteiger partial charge on any atom is -0.388 e. The maximum atomic E-state index is 11.7. The minimum absolute atomic E-state index is 0.0304. The lowest BCUT2D eigenvalue weighted by Crippen LogP contribution is -2.15. The lowest BCUT2D eigenvalue weighted by Gasteiger charge is -2.09. The fraction of sp³-hybridized carbons (Fsp3) is 0.231. The van der Waals surface area contributed by atoms with Gasteiger partial charge in [-0.25, -0.2) is 4.98 Å². The van der Waals surface area contributed by atoms with Gasteiger partial charge in [-0.1, -0.05) is 30.3 Å². The number of rotatable bonds is 4. The van der Waals surface area contributed by atoms with E-state index in [1.54, 1.807) is 18.3 Å². The fourth-order valence-electron chi connectivity index (χ4n) is 1.55. The molecule has 1 aromatic heterocycles. The largest absolute Gasteiger partial charge is 0.388 e. The smallest absolute Gasteiger partial charge is 0.229 e. The van der Waals surface area contributed by atoms with E-state index in [4.69, 9.17) is 0 Å². The molecule has 0 spiro atoms. The molecule has 0 saturated heterocycles. The Kier molecular flexibility index (Phi) is 4.07. The molecule has 0 aliphatic carbocycles. The Morgan fingerprint density at radius 1 is 1.44 bits per heavy atom. The zero-order valence-corrected chi connectivity index (χ0v) is 10.8. The molecule has 1 unspecified atom stereocenters. The number of benzene rings is 1. The summed E-state index contributed by atoms with van der Waals surface area (Å²) in [6.07, 6.45) is 0.948. The van der Waals surface area contributed by atoms with E-state index in [0.29, 0.717) is 5.13 Å². The summed E-state index contributed by atoms with van der Waals surface area (Å²) in [6.45, 7) is 1.92. The van der Waals surface area contributed by atoms with Crippen LogP contribution in [0, 0.1) is 6.92 Å². The Balaban J connectivity index is 1.92. The number of amides is 1. The van der Waals surface area contributed by atoms with Crippen molar-refractivity contribution in [3.63, 3.8) is 0 Å². The molecule has 2 aromatic rings. The van der Waals surface area contributed by atoms with Gasteiger partial charge in [0.1, 0.15) is 0 Å². The molecule has 0 bridgehead atoms. The number of nitrogens with one attached hydrogen (secondary N) is 1. The first-order valence-corrected chi connectivity index (χ1v) is 6.42. The van der Waals surface area contributed by atoms with E-state index in [1.807, 2.05) is 25.1 Å². The second-order valence-corrected chi connectivity index (χ2v) is 5.19. The molecule has 5 heteroatoms. The molecule has 0 fully saturated rings. The number of thiazole rings is 1. The molecule has 2 N–H and O–H groups in total. The van der Waals surface area contributed by atoms with Crippen LogP contribution in [0.15, 0.2) is 36.5 Å². The minimum atomic E-state index is -0.785. The summed E-state index contributed by atoms with van der Waals surface area (Å²) in [6, 6.07) is 9.13. The van der Waals surface area contributed by atoms with Crippen molar-refractivity contribution in [1.82, 2.24) is 4.98 Å². The van der Waals surface area contributed by atoms with Gasteiger partial charge in [-0.15, -0.1) is 11.3 Å². The number of nitrogens with zero attached hydrogens (tertiary/aromatic N) is 1. The highest BCUT2D eigenvalue weighted by molar-refractivity contribution is 7.15. The van der Waals surface area contributed by atoms with Crippen molar-refractivity contribution in [2.75, 3.05) is 5.32 Å². The Morgan fingerprint density at radius 2 is 2.17 bits per heavy atom. The third kappa shape index (κ3) is 3.38. The zero-order valence-electron chi connectivity index (χ0n) is 9.96. The van der Waals surface area contributed by atoms with E-state index in [9.17, 15) is 9.90 Å². The van der Waals surface area contributed by atoms with Crippen molar-refractivity contribution >= 4 is 22.4 Å². The average molecular weight is 262 g/mol. The number of carbonyl (C=O) groups excluding carboxylic acids is 1. The van der Waals surface area contributed by atoms with Crippen molar-refractivity contribution in [2.45, 2.75) is 19.4 Å². The molecule has 1 heterocycles. The van der Waals surface area contributed by atoms with Crippen molar-refractivity contribution in [2.24, 2.45) is 0 Å². The fourth-order valence-corrected chi connectivity index (χ4v) is 2.23. The first kappa shape index (κ1) is 12.7. The van der Waals surface area contributed by atoms with E-state index < -0.39 is 6.10 Å². The summed E-state index contributed by atoms with van der Waals surface area (Å²) in [7, 11) is 0. The number of aromatic nitrogens is 1. The van der Waals surface area contributed by atoms with Crippen molar-refractivity contribution < 1.29 is 9.90 Å². The van der Waals surface area contributed by atoms with Crippen LogP contribution in [0.1, 0.15) is 23.0 Å². The van der Waals surface area contributed by atoms with Crippen LogP contribution in [0.4, 0.5) is 5.13 Å². The van der Waals surface area contributed by atoms with Gasteiger partial charge >= 0.3 is 0 Å². The third-order valence-corrected chi connectivity index (χ3v) is 3.26. The van der Waals surface area contributed by atoms with Crippen LogP contribution in [-0.4, -0.2) is 16.0 Å². The SMILES string of the molecule is Cc1cnc(NC(=O)CC(O)c2ccccc2)s1. The summed E-state index contributed by atoms with van der Waals surface area (Å²) < 4.78 is 0. The molecular weight excluding hydrogens is 248 g/mol. The second kappa shape index (κ2) is 5.75. The maximum Gasteiger partial charge on any atom is 0.229 e. The number of aliphatic hydroxyl groups is 1. The second-order valence-electron chi connectivity index (χ2n) is 3.95. The molecule has 1 amide bonds. The number of hydrogen-bond donors (Lipinski definition) is 2. The van der Waals surface area contributed by atoms with Gasteiger partial charge in [-0.05, 0) is 12.5 Å². The number of carbonyl (C=O) groups is 1. The monoisotopic (exact) mass is 262 g/mol. The Hall–Kier alpha value is -1.72. The van der Waals surface area contributed by atoms with Crippen LogP contribution in [0.25, 0.3) is 0 Å². The Bertz CT molecular complexity index is 525. The van der Waals surface area contributed by atoms with E-state index in [1.165, 1.54) is 11.3 Å². The molecule has 94 valence electrons. The lowest BCUT2D eigenvalue weighted by molar-refractivity contribution is -0.118. The third-order valence-electron chi connectivity index (χ3n) is 2.43. The number of aryl methyl sites for hydroxylation is 1. The first-order chi connectivity index (χ1) is 8.65. The Labute approximate surface area is 109 Å². The molecule has 1 aromatic carbocycles. The normalized spacial score (nSPS) is 12.1. The van der Waals surface area contributed by atoms with Gasteiger partial charge in [0, 0.05) is 11.1 Å². The molecule has 0 aliphatic heterocycles. The molecule has 0 aliphatic rings.